The van der Waals surface area contributed by atoms with Gasteiger partial charge in [-0.05, 0) is 41.8 Å². The van der Waals surface area contributed by atoms with Crippen LogP contribution in [0.2, 0.25) is 0 Å². The van der Waals surface area contributed by atoms with Crippen LogP contribution in [-0.2, 0) is 11.3 Å². The summed E-state index contributed by atoms with van der Waals surface area (Å²) in [7, 11) is 0. The number of hydrogen-bond acceptors (Lipinski definition) is 4. The number of carbonyl (C=O) groups excluding carboxylic acids is 1. The molecule has 6 heteroatoms. The molecule has 0 atom stereocenters. The van der Waals surface area contributed by atoms with E-state index in [1.54, 1.807) is 18.2 Å². The van der Waals surface area contributed by atoms with Crippen LogP contribution in [-0.4, -0.2) is 15.7 Å². The summed E-state index contributed by atoms with van der Waals surface area (Å²) in [5, 5.41) is 6.96. The van der Waals surface area contributed by atoms with Crippen molar-refractivity contribution in [3.8, 4) is 11.5 Å². The zero-order chi connectivity index (χ0) is 17.8. The van der Waals surface area contributed by atoms with Gasteiger partial charge in [0, 0.05) is 11.8 Å². The molecule has 0 saturated heterocycles. The van der Waals surface area contributed by atoms with Crippen LogP contribution < -0.4 is 10.9 Å². The Morgan fingerprint density at radius 1 is 1.16 bits per heavy atom. The predicted octanol–water partition coefficient (Wildman–Crippen LogP) is 3.27. The fourth-order valence-electron chi connectivity index (χ4n) is 2.41. The molecular formula is C19H19N3O3. The maximum absolute atomic E-state index is 12.2. The van der Waals surface area contributed by atoms with Crippen LogP contribution in [0.25, 0.3) is 11.5 Å². The second-order valence-corrected chi connectivity index (χ2v) is 6.02. The van der Waals surface area contributed by atoms with Crippen molar-refractivity contribution in [1.29, 1.82) is 0 Å². The number of rotatable bonds is 5. The first-order chi connectivity index (χ1) is 12.0. The molecule has 0 aliphatic heterocycles. The average Bonchev–Trinajstić information content (AvgIpc) is 3.12. The molecule has 128 valence electrons. The zero-order valence-electron chi connectivity index (χ0n) is 14.1. The molecule has 2 heterocycles. The Kier molecular flexibility index (Phi) is 4.79. The van der Waals surface area contributed by atoms with Gasteiger partial charge >= 0.3 is 0 Å². The van der Waals surface area contributed by atoms with Crippen LogP contribution in [0.5, 0.6) is 0 Å². The first-order valence-corrected chi connectivity index (χ1v) is 8.05. The largest absolute Gasteiger partial charge is 0.463 e. The highest BCUT2D eigenvalue weighted by Crippen LogP contribution is 2.17. The summed E-state index contributed by atoms with van der Waals surface area (Å²) in [5.41, 5.74) is 2.03. The highest BCUT2D eigenvalue weighted by atomic mass is 16.3. The molecule has 6 nitrogen and oxygen atoms in total. The molecule has 1 N–H and O–H groups in total. The highest BCUT2D eigenvalue weighted by molar-refractivity contribution is 5.90. The summed E-state index contributed by atoms with van der Waals surface area (Å²) in [6, 6.07) is 14.1. The van der Waals surface area contributed by atoms with E-state index >= 15 is 0 Å². The van der Waals surface area contributed by atoms with Crippen LogP contribution in [0.4, 0.5) is 5.69 Å². The maximum Gasteiger partial charge on any atom is 0.267 e. The van der Waals surface area contributed by atoms with E-state index in [1.165, 1.54) is 17.9 Å². The van der Waals surface area contributed by atoms with E-state index in [1.807, 2.05) is 24.3 Å². The van der Waals surface area contributed by atoms with E-state index in [0.29, 0.717) is 23.1 Å². The molecule has 0 radical (unpaired) electrons. The number of nitrogens with zero attached hydrogens (tertiary/aromatic N) is 2. The highest BCUT2D eigenvalue weighted by Gasteiger charge is 2.10. The normalized spacial score (nSPS) is 10.8. The number of anilines is 1. The van der Waals surface area contributed by atoms with Crippen LogP contribution in [0.3, 0.4) is 0 Å². The van der Waals surface area contributed by atoms with Crippen molar-refractivity contribution in [2.75, 3.05) is 5.32 Å². The Morgan fingerprint density at radius 2 is 1.92 bits per heavy atom. The minimum atomic E-state index is -0.347. The second-order valence-electron chi connectivity index (χ2n) is 6.02. The Balaban J connectivity index is 1.72. The lowest BCUT2D eigenvalue weighted by atomic mass is 10.0. The van der Waals surface area contributed by atoms with E-state index in [4.69, 9.17) is 4.42 Å². The Bertz CT molecular complexity index is 910. The molecule has 0 aliphatic carbocycles. The van der Waals surface area contributed by atoms with Gasteiger partial charge in [0.05, 0.1) is 6.26 Å². The Labute approximate surface area is 145 Å². The Hall–Kier alpha value is -3.15. The van der Waals surface area contributed by atoms with Gasteiger partial charge in [0.1, 0.15) is 12.2 Å². The topological polar surface area (TPSA) is 77.1 Å². The van der Waals surface area contributed by atoms with Crippen molar-refractivity contribution in [3.63, 3.8) is 0 Å². The van der Waals surface area contributed by atoms with E-state index < -0.39 is 0 Å². The van der Waals surface area contributed by atoms with Crippen molar-refractivity contribution in [3.05, 3.63) is 70.7 Å². The molecular weight excluding hydrogens is 318 g/mol. The van der Waals surface area contributed by atoms with Crippen molar-refractivity contribution in [1.82, 2.24) is 9.78 Å². The lowest BCUT2D eigenvalue weighted by Gasteiger charge is -2.09. The quantitative estimate of drug-likeness (QED) is 0.775. The molecule has 0 fully saturated rings. The van der Waals surface area contributed by atoms with Gasteiger partial charge in [-0.1, -0.05) is 26.0 Å². The van der Waals surface area contributed by atoms with Gasteiger partial charge in [-0.2, -0.15) is 5.10 Å². The average molecular weight is 337 g/mol. The number of furan rings is 1. The van der Waals surface area contributed by atoms with Crippen molar-refractivity contribution < 1.29 is 9.21 Å². The molecule has 0 bridgehead atoms. The smallest absolute Gasteiger partial charge is 0.267 e. The fraction of sp³-hybridized carbons (Fsp3) is 0.211. The van der Waals surface area contributed by atoms with E-state index in [2.05, 4.69) is 24.3 Å². The van der Waals surface area contributed by atoms with E-state index in [9.17, 15) is 9.59 Å². The number of nitrogens with one attached hydrogen (secondary N) is 1. The summed E-state index contributed by atoms with van der Waals surface area (Å²) >= 11 is 0. The number of aromatic nitrogens is 2. The van der Waals surface area contributed by atoms with Gasteiger partial charge in [-0.15, -0.1) is 0 Å². The molecule has 25 heavy (non-hydrogen) atoms. The number of benzene rings is 1. The van der Waals surface area contributed by atoms with Crippen LogP contribution >= 0.6 is 0 Å². The SMILES string of the molecule is CC(C)c1ccc(NC(=O)Cn2nc(-c3ccco3)ccc2=O)cc1. The van der Waals surface area contributed by atoms with Gasteiger partial charge in [-0.25, -0.2) is 4.68 Å². The van der Waals surface area contributed by atoms with Gasteiger partial charge < -0.3 is 9.73 Å². The standard InChI is InChI=1S/C19H19N3O3/c1-13(2)14-5-7-15(8-6-14)20-18(23)12-22-19(24)10-9-16(21-22)17-4-3-11-25-17/h3-11,13H,12H2,1-2H3,(H,20,23). The summed E-state index contributed by atoms with van der Waals surface area (Å²) in [5.74, 6) is 0.652. The van der Waals surface area contributed by atoms with Crippen molar-refractivity contribution >= 4 is 11.6 Å². The number of hydrogen-bond donors (Lipinski definition) is 1. The third-order valence-corrected chi connectivity index (χ3v) is 3.79. The lowest BCUT2D eigenvalue weighted by molar-refractivity contribution is -0.117. The van der Waals surface area contributed by atoms with Gasteiger partial charge in [-0.3, -0.25) is 9.59 Å². The van der Waals surface area contributed by atoms with Crippen molar-refractivity contribution in [2.24, 2.45) is 0 Å². The molecule has 0 saturated carbocycles. The molecule has 0 aliphatic rings. The second kappa shape index (κ2) is 7.17. The lowest BCUT2D eigenvalue weighted by Crippen LogP contribution is -2.29. The van der Waals surface area contributed by atoms with Gasteiger partial charge in [0.25, 0.3) is 5.56 Å². The first-order valence-electron chi connectivity index (χ1n) is 8.05. The van der Waals surface area contributed by atoms with Crippen LogP contribution in [0, 0.1) is 0 Å². The van der Waals surface area contributed by atoms with Gasteiger partial charge in [0.2, 0.25) is 5.91 Å². The first kappa shape index (κ1) is 16.7. The molecule has 3 aromatic rings. The molecule has 2 aromatic heterocycles. The molecule has 1 aromatic carbocycles. The third kappa shape index (κ3) is 4.03. The molecule has 0 unspecified atom stereocenters. The van der Waals surface area contributed by atoms with Crippen molar-refractivity contribution in [2.45, 2.75) is 26.3 Å². The number of carbonyl (C=O) groups is 1. The summed E-state index contributed by atoms with van der Waals surface area (Å²) in [6.07, 6.45) is 1.53. The summed E-state index contributed by atoms with van der Waals surface area (Å²) in [6.45, 7) is 4.05. The third-order valence-electron chi connectivity index (χ3n) is 3.79. The van der Waals surface area contributed by atoms with Crippen LogP contribution in [0.15, 0.2) is 64.0 Å². The predicted molar refractivity (Wildman–Crippen MR) is 95.4 cm³/mol. The maximum atomic E-state index is 12.2. The van der Waals surface area contributed by atoms with E-state index in [0.717, 1.165) is 4.68 Å². The van der Waals surface area contributed by atoms with Gasteiger partial charge in [0.15, 0.2) is 5.76 Å². The van der Waals surface area contributed by atoms with Crippen LogP contribution in [0.1, 0.15) is 25.3 Å². The monoisotopic (exact) mass is 337 g/mol. The molecule has 1 amide bonds. The molecule has 0 spiro atoms. The summed E-state index contributed by atoms with van der Waals surface area (Å²) < 4.78 is 6.39. The van der Waals surface area contributed by atoms with E-state index in [-0.39, 0.29) is 18.0 Å². The minimum absolute atomic E-state index is 0.167. The minimum Gasteiger partial charge on any atom is -0.463 e. The Morgan fingerprint density at radius 3 is 2.56 bits per heavy atom. The fourth-order valence-corrected chi connectivity index (χ4v) is 2.41. The summed E-state index contributed by atoms with van der Waals surface area (Å²) in [4.78, 5) is 24.2. The molecule has 3 rings (SSSR count). The number of amides is 1. The zero-order valence-corrected chi connectivity index (χ0v) is 14.1.